The molecule has 1 aromatic rings. The quantitative estimate of drug-likeness (QED) is 0.538. The van der Waals surface area contributed by atoms with Crippen LogP contribution >= 0.6 is 23.2 Å². The molecular formula is C21H28Cl2O2. The molecule has 0 aliphatic carbocycles. The summed E-state index contributed by atoms with van der Waals surface area (Å²) in [6.07, 6.45) is 4.74. The van der Waals surface area contributed by atoms with Crippen molar-refractivity contribution in [2.75, 3.05) is 0 Å². The van der Waals surface area contributed by atoms with E-state index in [1.807, 2.05) is 40.7 Å². The molecular weight excluding hydrogens is 355 g/mol. The van der Waals surface area contributed by atoms with E-state index >= 15 is 0 Å². The Balaban J connectivity index is 3.48. The lowest BCUT2D eigenvalue weighted by atomic mass is 9.64. The molecule has 1 N–H and O–H groups in total. The fourth-order valence-corrected chi connectivity index (χ4v) is 4.06. The van der Waals surface area contributed by atoms with Crippen LogP contribution in [0.1, 0.15) is 43.0 Å². The van der Waals surface area contributed by atoms with Gasteiger partial charge < -0.3 is 5.11 Å². The number of benzene rings is 1. The lowest BCUT2D eigenvalue weighted by Gasteiger charge is -2.38. The van der Waals surface area contributed by atoms with Crippen molar-refractivity contribution in [2.24, 2.45) is 17.3 Å². The van der Waals surface area contributed by atoms with Gasteiger partial charge in [-0.25, -0.2) is 0 Å². The number of halogens is 2. The zero-order chi connectivity index (χ0) is 19.4. The Morgan fingerprint density at radius 1 is 1.24 bits per heavy atom. The number of carboxylic acid groups (broad SMARTS) is 1. The fraction of sp³-hybridized carbons (Fsp3) is 0.476. The molecule has 2 nitrogen and oxygen atoms in total. The number of hydrogen-bond acceptors (Lipinski definition) is 1. The Labute approximate surface area is 161 Å². The molecule has 2 unspecified atom stereocenters. The second kappa shape index (κ2) is 8.91. The number of aliphatic carboxylic acids is 1. The van der Waals surface area contributed by atoms with Gasteiger partial charge in [0.05, 0.1) is 5.41 Å². The Kier molecular flexibility index (Phi) is 7.77. The third kappa shape index (κ3) is 4.89. The Hall–Kier alpha value is -1.25. The molecule has 0 amide bonds. The highest BCUT2D eigenvalue weighted by atomic mass is 35.5. The van der Waals surface area contributed by atoms with Gasteiger partial charge in [0.2, 0.25) is 0 Å². The SMILES string of the molecule is C=CCc1cc(C)c(CC(C(=O)O)(C(C)C)C(C)C=C(Cl)Cl)c(C)c1. The van der Waals surface area contributed by atoms with Crippen LogP contribution in [0.15, 0.2) is 35.4 Å². The first-order valence-electron chi connectivity index (χ1n) is 8.52. The zero-order valence-corrected chi connectivity index (χ0v) is 17.2. The van der Waals surface area contributed by atoms with Gasteiger partial charge in [-0.2, -0.15) is 0 Å². The lowest BCUT2D eigenvalue weighted by molar-refractivity contribution is -0.154. The monoisotopic (exact) mass is 382 g/mol. The van der Waals surface area contributed by atoms with Crippen LogP contribution in [0.5, 0.6) is 0 Å². The van der Waals surface area contributed by atoms with Gasteiger partial charge in [-0.1, -0.05) is 68.3 Å². The first-order chi connectivity index (χ1) is 11.6. The average Bonchev–Trinajstić information content (AvgIpc) is 2.45. The standard InChI is InChI=1S/C21H28Cl2O2/c1-7-8-17-9-14(4)18(15(5)10-17)12-21(13(2)3,20(24)25)16(6)11-19(22)23/h7,9-11,13,16H,1,8,12H2,2-6H3,(H,24,25). The highest BCUT2D eigenvalue weighted by Crippen LogP contribution is 2.42. The molecule has 0 bridgehead atoms. The molecule has 1 aromatic carbocycles. The molecule has 4 heteroatoms. The van der Waals surface area contributed by atoms with Gasteiger partial charge >= 0.3 is 5.97 Å². The summed E-state index contributed by atoms with van der Waals surface area (Å²) in [4.78, 5) is 12.4. The summed E-state index contributed by atoms with van der Waals surface area (Å²) in [6.45, 7) is 13.6. The molecule has 138 valence electrons. The summed E-state index contributed by atoms with van der Waals surface area (Å²) in [5, 5.41) is 10.1. The molecule has 1 rings (SSSR count). The average molecular weight is 383 g/mol. The van der Waals surface area contributed by atoms with E-state index in [1.54, 1.807) is 6.08 Å². The maximum absolute atomic E-state index is 12.4. The van der Waals surface area contributed by atoms with Crippen LogP contribution in [0.2, 0.25) is 0 Å². The molecule has 0 saturated carbocycles. The minimum atomic E-state index is -0.982. The van der Waals surface area contributed by atoms with Crippen molar-refractivity contribution < 1.29 is 9.90 Å². The summed E-state index contributed by atoms with van der Waals surface area (Å²) < 4.78 is 0.105. The van der Waals surface area contributed by atoms with Crippen LogP contribution in [0.3, 0.4) is 0 Å². The van der Waals surface area contributed by atoms with E-state index < -0.39 is 11.4 Å². The summed E-state index contributed by atoms with van der Waals surface area (Å²) in [6, 6.07) is 4.23. The number of rotatable bonds is 8. The predicted molar refractivity (Wildman–Crippen MR) is 107 cm³/mol. The molecule has 0 aromatic heterocycles. The van der Waals surface area contributed by atoms with Crippen LogP contribution in [-0.4, -0.2) is 11.1 Å². The third-order valence-corrected chi connectivity index (χ3v) is 5.47. The summed E-state index contributed by atoms with van der Waals surface area (Å²) >= 11 is 11.7. The molecule has 25 heavy (non-hydrogen) atoms. The molecule has 2 atom stereocenters. The van der Waals surface area contributed by atoms with E-state index in [-0.39, 0.29) is 16.3 Å². The highest BCUT2D eigenvalue weighted by molar-refractivity contribution is 6.55. The van der Waals surface area contributed by atoms with Crippen LogP contribution in [0.4, 0.5) is 0 Å². The van der Waals surface area contributed by atoms with E-state index in [2.05, 4.69) is 18.7 Å². The number of allylic oxidation sites excluding steroid dienone is 2. The third-order valence-electron chi connectivity index (χ3n) is 5.22. The molecule has 0 spiro atoms. The summed E-state index contributed by atoms with van der Waals surface area (Å²) in [5.41, 5.74) is 3.50. The second-order valence-electron chi connectivity index (χ2n) is 7.12. The Morgan fingerprint density at radius 3 is 2.12 bits per heavy atom. The number of carboxylic acids is 1. The van der Waals surface area contributed by atoms with Crippen molar-refractivity contribution in [2.45, 2.75) is 47.5 Å². The van der Waals surface area contributed by atoms with Crippen LogP contribution in [-0.2, 0) is 17.6 Å². The second-order valence-corrected chi connectivity index (χ2v) is 8.13. The van der Waals surface area contributed by atoms with Gasteiger partial charge in [-0.05, 0) is 60.8 Å². The maximum atomic E-state index is 12.4. The van der Waals surface area contributed by atoms with Gasteiger partial charge in [0.15, 0.2) is 0 Å². The van der Waals surface area contributed by atoms with Gasteiger partial charge in [-0.3, -0.25) is 4.79 Å². The molecule has 0 aliphatic heterocycles. The molecule has 0 radical (unpaired) electrons. The highest BCUT2D eigenvalue weighted by Gasteiger charge is 2.46. The van der Waals surface area contributed by atoms with Crippen molar-refractivity contribution in [3.63, 3.8) is 0 Å². The topological polar surface area (TPSA) is 37.3 Å². The number of aryl methyl sites for hydroxylation is 2. The van der Waals surface area contributed by atoms with Crippen molar-refractivity contribution in [3.8, 4) is 0 Å². The summed E-state index contributed by atoms with van der Waals surface area (Å²) in [7, 11) is 0. The fourth-order valence-electron chi connectivity index (χ4n) is 3.68. The number of hydrogen-bond donors (Lipinski definition) is 1. The van der Waals surface area contributed by atoms with Gasteiger partial charge in [0.25, 0.3) is 0 Å². The minimum absolute atomic E-state index is 0.0874. The smallest absolute Gasteiger partial charge is 0.310 e. The Morgan fingerprint density at radius 2 is 1.76 bits per heavy atom. The minimum Gasteiger partial charge on any atom is -0.481 e. The molecule has 0 saturated heterocycles. The van der Waals surface area contributed by atoms with E-state index in [0.29, 0.717) is 6.42 Å². The first-order valence-corrected chi connectivity index (χ1v) is 9.27. The van der Waals surface area contributed by atoms with Crippen LogP contribution < -0.4 is 0 Å². The molecule has 0 aliphatic rings. The van der Waals surface area contributed by atoms with Gasteiger partial charge in [0, 0.05) is 0 Å². The van der Waals surface area contributed by atoms with E-state index in [0.717, 1.165) is 23.1 Å². The van der Waals surface area contributed by atoms with Crippen LogP contribution in [0, 0.1) is 31.1 Å². The van der Waals surface area contributed by atoms with Crippen molar-refractivity contribution >= 4 is 29.2 Å². The van der Waals surface area contributed by atoms with Gasteiger partial charge in [0.1, 0.15) is 4.49 Å². The normalized spacial score (nSPS) is 14.7. The Bertz CT molecular complexity index is 649. The van der Waals surface area contributed by atoms with Crippen molar-refractivity contribution in [1.82, 2.24) is 0 Å². The van der Waals surface area contributed by atoms with Crippen molar-refractivity contribution in [3.05, 3.63) is 57.6 Å². The lowest BCUT2D eigenvalue weighted by Crippen LogP contribution is -2.44. The molecule has 0 heterocycles. The van der Waals surface area contributed by atoms with Crippen LogP contribution in [0.25, 0.3) is 0 Å². The summed E-state index contributed by atoms with van der Waals surface area (Å²) in [5.74, 6) is -1.22. The maximum Gasteiger partial charge on any atom is 0.310 e. The van der Waals surface area contributed by atoms with Crippen molar-refractivity contribution in [1.29, 1.82) is 0 Å². The van der Waals surface area contributed by atoms with E-state index in [4.69, 9.17) is 23.2 Å². The molecule has 0 fully saturated rings. The number of carbonyl (C=O) groups is 1. The predicted octanol–water partition coefficient (Wildman–Crippen LogP) is 6.26. The van der Waals surface area contributed by atoms with E-state index in [9.17, 15) is 9.90 Å². The first kappa shape index (κ1) is 21.8. The van der Waals surface area contributed by atoms with E-state index in [1.165, 1.54) is 5.56 Å². The van der Waals surface area contributed by atoms with Gasteiger partial charge in [-0.15, -0.1) is 6.58 Å². The largest absolute Gasteiger partial charge is 0.481 e. The zero-order valence-electron chi connectivity index (χ0n) is 15.7.